The van der Waals surface area contributed by atoms with Gasteiger partial charge in [0.1, 0.15) is 0 Å². The van der Waals surface area contributed by atoms with Crippen molar-refractivity contribution in [1.29, 1.82) is 0 Å². The molecule has 1 N–H and O–H groups in total. The molecule has 1 heterocycles. The highest BCUT2D eigenvalue weighted by Crippen LogP contribution is 2.35. The van der Waals surface area contributed by atoms with Gasteiger partial charge in [-0.15, -0.1) is 10.2 Å². The third-order valence-corrected chi connectivity index (χ3v) is 4.32. The number of nitrogens with zero attached hydrogens (tertiary/aromatic N) is 4. The minimum Gasteiger partial charge on any atom is -0.377 e. The number of tetrazole rings is 1. The van der Waals surface area contributed by atoms with Gasteiger partial charge in [0.2, 0.25) is 0 Å². The zero-order chi connectivity index (χ0) is 14.4. The summed E-state index contributed by atoms with van der Waals surface area (Å²) in [5, 5.41) is 16.0. The van der Waals surface area contributed by atoms with E-state index >= 15 is 0 Å². The minimum absolute atomic E-state index is 0.0768. The van der Waals surface area contributed by atoms with E-state index in [0.29, 0.717) is 0 Å². The number of ether oxygens (including phenoxy) is 1. The van der Waals surface area contributed by atoms with Gasteiger partial charge in [-0.25, -0.2) is 0 Å². The predicted molar refractivity (Wildman–Crippen MR) is 77.4 cm³/mol. The van der Waals surface area contributed by atoms with Gasteiger partial charge in [0.25, 0.3) is 0 Å². The molecule has 1 aliphatic carbocycles. The fourth-order valence-corrected chi connectivity index (χ4v) is 3.20. The van der Waals surface area contributed by atoms with Crippen LogP contribution in [0.15, 0.2) is 0 Å². The summed E-state index contributed by atoms with van der Waals surface area (Å²) in [6, 6.07) is 0.261. The van der Waals surface area contributed by atoms with Gasteiger partial charge in [0, 0.05) is 19.6 Å². The minimum atomic E-state index is -0.0768. The normalized spacial score (nSPS) is 19.9. The maximum absolute atomic E-state index is 5.97. The highest BCUT2D eigenvalue weighted by Gasteiger charge is 2.40. The fourth-order valence-electron chi connectivity index (χ4n) is 3.20. The van der Waals surface area contributed by atoms with Crippen molar-refractivity contribution in [3.63, 3.8) is 0 Å². The molecule has 1 unspecified atom stereocenters. The van der Waals surface area contributed by atoms with E-state index in [4.69, 9.17) is 4.74 Å². The number of nitrogens with one attached hydrogen (secondary N) is 1. The fraction of sp³-hybridized carbons (Fsp3) is 0.929. The first kappa shape index (κ1) is 15.4. The first-order valence-electron chi connectivity index (χ1n) is 7.71. The van der Waals surface area contributed by atoms with Crippen LogP contribution in [0.5, 0.6) is 0 Å². The number of rotatable bonds is 7. The maximum Gasteiger partial charge on any atom is 0.176 e. The molecule has 6 nitrogen and oxygen atoms in total. The summed E-state index contributed by atoms with van der Waals surface area (Å²) < 4.78 is 5.97. The molecule has 114 valence electrons. The van der Waals surface area contributed by atoms with Crippen molar-refractivity contribution in [3.05, 3.63) is 5.82 Å². The lowest BCUT2D eigenvalue weighted by Gasteiger charge is -2.42. The van der Waals surface area contributed by atoms with Crippen molar-refractivity contribution in [1.82, 2.24) is 25.5 Å². The number of methoxy groups -OCH3 is 1. The molecule has 0 amide bonds. The molecule has 1 aromatic heterocycles. The Bertz CT molecular complexity index is 400. The van der Waals surface area contributed by atoms with Crippen LogP contribution in [0.4, 0.5) is 0 Å². The van der Waals surface area contributed by atoms with E-state index in [1.54, 1.807) is 7.05 Å². The van der Waals surface area contributed by atoms with Crippen LogP contribution in [0.1, 0.15) is 51.3 Å². The van der Waals surface area contributed by atoms with Crippen LogP contribution >= 0.6 is 0 Å². The molecule has 0 saturated heterocycles. The Labute approximate surface area is 121 Å². The Morgan fingerprint density at radius 1 is 1.35 bits per heavy atom. The van der Waals surface area contributed by atoms with E-state index in [0.717, 1.165) is 38.1 Å². The van der Waals surface area contributed by atoms with Gasteiger partial charge in [0.05, 0.1) is 12.6 Å². The van der Waals surface area contributed by atoms with Crippen molar-refractivity contribution in [3.8, 4) is 0 Å². The van der Waals surface area contributed by atoms with E-state index in [1.807, 2.05) is 7.11 Å². The largest absolute Gasteiger partial charge is 0.377 e. The zero-order valence-corrected chi connectivity index (χ0v) is 12.9. The third-order valence-electron chi connectivity index (χ3n) is 4.32. The monoisotopic (exact) mass is 281 g/mol. The van der Waals surface area contributed by atoms with Gasteiger partial charge < -0.3 is 10.1 Å². The van der Waals surface area contributed by atoms with Crippen LogP contribution in [0.3, 0.4) is 0 Å². The second kappa shape index (κ2) is 7.13. The number of hydrogen-bond acceptors (Lipinski definition) is 5. The van der Waals surface area contributed by atoms with Gasteiger partial charge in [0.15, 0.2) is 5.82 Å². The summed E-state index contributed by atoms with van der Waals surface area (Å²) in [4.78, 5) is 1.52. The quantitative estimate of drug-likeness (QED) is 0.820. The molecular weight excluding hydrogens is 254 g/mol. The Balaban J connectivity index is 2.11. The van der Waals surface area contributed by atoms with Gasteiger partial charge in [-0.05, 0) is 31.0 Å². The van der Waals surface area contributed by atoms with Crippen molar-refractivity contribution >= 4 is 0 Å². The van der Waals surface area contributed by atoms with Crippen LogP contribution in [0, 0.1) is 0 Å². The maximum atomic E-state index is 5.97. The van der Waals surface area contributed by atoms with E-state index in [1.165, 1.54) is 24.1 Å². The molecule has 1 saturated carbocycles. The lowest BCUT2D eigenvalue weighted by atomic mass is 9.77. The Morgan fingerprint density at radius 2 is 2.10 bits per heavy atom. The van der Waals surface area contributed by atoms with E-state index < -0.39 is 0 Å². The first-order chi connectivity index (χ1) is 9.70. The summed E-state index contributed by atoms with van der Waals surface area (Å²) in [6.07, 6.45) is 7.93. The van der Waals surface area contributed by atoms with Crippen molar-refractivity contribution in [2.75, 3.05) is 13.7 Å². The Kier molecular flexibility index (Phi) is 5.48. The Morgan fingerprint density at radius 3 is 2.65 bits per heavy atom. The topological polar surface area (TPSA) is 64.9 Å². The SMILES string of the molecule is CCCNC(Cc1nnn(C)n1)C1(OC)CCCCC1. The van der Waals surface area contributed by atoms with Crippen molar-refractivity contribution < 1.29 is 4.74 Å². The van der Waals surface area contributed by atoms with Gasteiger partial charge >= 0.3 is 0 Å². The third kappa shape index (κ3) is 3.55. The first-order valence-corrected chi connectivity index (χ1v) is 7.71. The van der Waals surface area contributed by atoms with Gasteiger partial charge in [-0.3, -0.25) is 0 Å². The lowest BCUT2D eigenvalue weighted by Crippen LogP contribution is -2.54. The average Bonchev–Trinajstić information content (AvgIpc) is 2.89. The average molecular weight is 281 g/mol. The molecule has 0 aliphatic heterocycles. The molecule has 0 bridgehead atoms. The number of aryl methyl sites for hydroxylation is 1. The van der Waals surface area contributed by atoms with Crippen molar-refractivity contribution in [2.45, 2.75) is 63.5 Å². The second-order valence-corrected chi connectivity index (χ2v) is 5.74. The molecule has 1 atom stereocenters. The molecular formula is C14H27N5O. The Hall–Kier alpha value is -1.01. The van der Waals surface area contributed by atoms with Crippen LogP contribution in [-0.4, -0.2) is 45.5 Å². The molecule has 0 spiro atoms. The van der Waals surface area contributed by atoms with Crippen LogP contribution in [0.25, 0.3) is 0 Å². The molecule has 1 aliphatic rings. The number of aromatic nitrogens is 4. The van der Waals surface area contributed by atoms with E-state index in [9.17, 15) is 0 Å². The summed E-state index contributed by atoms with van der Waals surface area (Å²) >= 11 is 0. The lowest BCUT2D eigenvalue weighted by molar-refractivity contribution is -0.0676. The van der Waals surface area contributed by atoms with Gasteiger partial charge in [-0.1, -0.05) is 26.2 Å². The van der Waals surface area contributed by atoms with Crippen molar-refractivity contribution in [2.24, 2.45) is 7.05 Å². The smallest absolute Gasteiger partial charge is 0.176 e. The van der Waals surface area contributed by atoms with E-state index in [2.05, 4.69) is 27.7 Å². The van der Waals surface area contributed by atoms with Crippen LogP contribution in [0.2, 0.25) is 0 Å². The molecule has 1 aromatic rings. The molecule has 0 radical (unpaired) electrons. The number of hydrogen-bond donors (Lipinski definition) is 1. The predicted octanol–water partition coefficient (Wildman–Crippen LogP) is 1.47. The summed E-state index contributed by atoms with van der Waals surface area (Å²) in [5.74, 6) is 0.795. The standard InChI is InChI=1S/C14H27N5O/c1-4-10-15-12(11-13-16-18-19(2)17-13)14(20-3)8-6-5-7-9-14/h12,15H,4-11H2,1-3H3. The highest BCUT2D eigenvalue weighted by atomic mass is 16.5. The summed E-state index contributed by atoms with van der Waals surface area (Å²) in [6.45, 7) is 3.18. The molecule has 2 rings (SSSR count). The highest BCUT2D eigenvalue weighted by molar-refractivity contribution is 5.00. The van der Waals surface area contributed by atoms with E-state index in [-0.39, 0.29) is 11.6 Å². The van der Waals surface area contributed by atoms with Gasteiger partial charge in [-0.2, -0.15) is 4.80 Å². The zero-order valence-electron chi connectivity index (χ0n) is 12.9. The molecule has 20 heavy (non-hydrogen) atoms. The second-order valence-electron chi connectivity index (χ2n) is 5.74. The molecule has 0 aromatic carbocycles. The van der Waals surface area contributed by atoms with Crippen LogP contribution in [-0.2, 0) is 18.2 Å². The van der Waals surface area contributed by atoms with Crippen LogP contribution < -0.4 is 5.32 Å². The summed E-state index contributed by atoms with van der Waals surface area (Å²) in [5.41, 5.74) is -0.0768. The molecule has 6 heteroatoms. The molecule has 1 fully saturated rings. The summed E-state index contributed by atoms with van der Waals surface area (Å²) in [7, 11) is 3.65.